The maximum atomic E-state index is 13.5. The Labute approximate surface area is 108 Å². The average Bonchev–Trinajstić information content (AvgIpc) is 2.18. The van der Waals surface area contributed by atoms with E-state index in [0.29, 0.717) is 6.42 Å². The highest BCUT2D eigenvalue weighted by Gasteiger charge is 2.20. The summed E-state index contributed by atoms with van der Waals surface area (Å²) >= 11 is 0. The lowest BCUT2D eigenvalue weighted by Gasteiger charge is -2.25. The fourth-order valence-corrected chi connectivity index (χ4v) is 2.41. The predicted octanol–water partition coefficient (Wildman–Crippen LogP) is 4.46. The largest absolute Gasteiger partial charge is 0.388 e. The van der Waals surface area contributed by atoms with E-state index >= 15 is 0 Å². The second kappa shape index (κ2) is 5.79. The van der Waals surface area contributed by atoms with E-state index in [1.807, 2.05) is 6.92 Å². The Morgan fingerprint density at radius 2 is 1.83 bits per heavy atom. The molecule has 3 heteroatoms. The fourth-order valence-electron chi connectivity index (χ4n) is 2.41. The number of aliphatic hydroxyl groups excluding tert-OH is 1. The number of benzene rings is 1. The van der Waals surface area contributed by atoms with Gasteiger partial charge in [0, 0.05) is 5.56 Å². The molecule has 0 aliphatic rings. The lowest BCUT2D eigenvalue weighted by Crippen LogP contribution is -2.14. The topological polar surface area (TPSA) is 20.2 Å². The minimum absolute atomic E-state index is 0.0516. The Kier molecular flexibility index (Phi) is 4.85. The van der Waals surface area contributed by atoms with Gasteiger partial charge < -0.3 is 5.11 Å². The highest BCUT2D eigenvalue weighted by molar-refractivity contribution is 5.21. The molecule has 0 aliphatic carbocycles. The van der Waals surface area contributed by atoms with Gasteiger partial charge in [-0.25, -0.2) is 8.78 Å². The highest BCUT2D eigenvalue weighted by atomic mass is 19.1. The van der Waals surface area contributed by atoms with Crippen LogP contribution in [0.25, 0.3) is 0 Å². The lowest BCUT2D eigenvalue weighted by atomic mass is 9.82. The molecule has 0 fully saturated rings. The average molecular weight is 256 g/mol. The van der Waals surface area contributed by atoms with Crippen LogP contribution in [0.1, 0.15) is 52.2 Å². The SMILES string of the molecule is CC(CC(O)c1cc(F)ccc1F)CC(C)(C)C. The molecule has 1 nitrogen and oxygen atoms in total. The third kappa shape index (κ3) is 4.73. The van der Waals surface area contributed by atoms with Gasteiger partial charge in [0.15, 0.2) is 0 Å². The zero-order valence-corrected chi connectivity index (χ0v) is 11.5. The van der Waals surface area contributed by atoms with Gasteiger partial charge in [0.2, 0.25) is 0 Å². The number of halogens is 2. The number of rotatable bonds is 4. The van der Waals surface area contributed by atoms with Crippen LogP contribution in [0.15, 0.2) is 18.2 Å². The molecule has 2 atom stereocenters. The molecular formula is C15H22F2O. The summed E-state index contributed by atoms with van der Waals surface area (Å²) in [6.45, 7) is 8.39. The Bertz CT molecular complexity index is 396. The summed E-state index contributed by atoms with van der Waals surface area (Å²) in [7, 11) is 0. The van der Waals surface area contributed by atoms with Crippen LogP contribution >= 0.6 is 0 Å². The van der Waals surface area contributed by atoms with Crippen LogP contribution in [0.3, 0.4) is 0 Å². The van der Waals surface area contributed by atoms with E-state index in [4.69, 9.17) is 0 Å². The molecule has 0 spiro atoms. The summed E-state index contributed by atoms with van der Waals surface area (Å²) < 4.78 is 26.5. The zero-order chi connectivity index (χ0) is 13.9. The van der Waals surface area contributed by atoms with Crippen molar-refractivity contribution in [1.82, 2.24) is 0 Å². The molecule has 1 rings (SSSR count). The van der Waals surface area contributed by atoms with Crippen LogP contribution in [0.2, 0.25) is 0 Å². The van der Waals surface area contributed by atoms with E-state index in [2.05, 4.69) is 20.8 Å². The van der Waals surface area contributed by atoms with Crippen molar-refractivity contribution in [3.8, 4) is 0 Å². The van der Waals surface area contributed by atoms with Gasteiger partial charge in [-0.2, -0.15) is 0 Å². The second-order valence-electron chi connectivity index (χ2n) is 6.29. The van der Waals surface area contributed by atoms with Gasteiger partial charge in [0.05, 0.1) is 6.10 Å². The minimum atomic E-state index is -0.946. The van der Waals surface area contributed by atoms with E-state index in [0.717, 1.165) is 24.6 Å². The number of hydrogen-bond acceptors (Lipinski definition) is 1. The molecule has 0 amide bonds. The van der Waals surface area contributed by atoms with Crippen LogP contribution in [-0.2, 0) is 0 Å². The van der Waals surface area contributed by atoms with Crippen LogP contribution < -0.4 is 0 Å². The first-order chi connectivity index (χ1) is 8.19. The van der Waals surface area contributed by atoms with Crippen molar-refractivity contribution in [3.63, 3.8) is 0 Å². The molecular weight excluding hydrogens is 234 g/mol. The molecule has 1 aromatic carbocycles. The first-order valence-corrected chi connectivity index (χ1v) is 6.32. The van der Waals surface area contributed by atoms with Crippen molar-refractivity contribution in [2.45, 2.75) is 46.6 Å². The zero-order valence-electron chi connectivity index (χ0n) is 11.5. The van der Waals surface area contributed by atoms with Crippen LogP contribution in [0.5, 0.6) is 0 Å². The normalized spacial score (nSPS) is 15.5. The molecule has 102 valence electrons. The number of hydrogen-bond donors (Lipinski definition) is 1. The molecule has 18 heavy (non-hydrogen) atoms. The second-order valence-corrected chi connectivity index (χ2v) is 6.29. The van der Waals surface area contributed by atoms with Crippen molar-refractivity contribution in [1.29, 1.82) is 0 Å². The molecule has 0 radical (unpaired) electrons. The van der Waals surface area contributed by atoms with Crippen molar-refractivity contribution in [2.24, 2.45) is 11.3 Å². The Morgan fingerprint density at radius 3 is 2.39 bits per heavy atom. The minimum Gasteiger partial charge on any atom is -0.388 e. The molecule has 0 saturated heterocycles. The number of aliphatic hydroxyl groups is 1. The van der Waals surface area contributed by atoms with Crippen molar-refractivity contribution in [3.05, 3.63) is 35.4 Å². The third-order valence-electron chi connectivity index (χ3n) is 2.90. The van der Waals surface area contributed by atoms with E-state index in [1.54, 1.807) is 0 Å². The molecule has 2 unspecified atom stereocenters. The first-order valence-electron chi connectivity index (χ1n) is 6.32. The lowest BCUT2D eigenvalue weighted by molar-refractivity contribution is 0.130. The fraction of sp³-hybridized carbons (Fsp3) is 0.600. The summed E-state index contributed by atoms with van der Waals surface area (Å²) in [6.07, 6.45) is 0.427. The summed E-state index contributed by atoms with van der Waals surface area (Å²) in [6, 6.07) is 3.19. The third-order valence-corrected chi connectivity index (χ3v) is 2.90. The van der Waals surface area contributed by atoms with Gasteiger partial charge in [-0.1, -0.05) is 27.7 Å². The van der Waals surface area contributed by atoms with Gasteiger partial charge in [0.25, 0.3) is 0 Å². The monoisotopic (exact) mass is 256 g/mol. The van der Waals surface area contributed by atoms with E-state index in [1.165, 1.54) is 0 Å². The summed E-state index contributed by atoms with van der Waals surface area (Å²) in [5.74, 6) is -0.816. The molecule has 1 N–H and O–H groups in total. The molecule has 0 heterocycles. The predicted molar refractivity (Wildman–Crippen MR) is 69.2 cm³/mol. The maximum Gasteiger partial charge on any atom is 0.129 e. The van der Waals surface area contributed by atoms with E-state index < -0.39 is 17.7 Å². The Hall–Kier alpha value is -0.960. The van der Waals surface area contributed by atoms with Gasteiger partial charge in [-0.05, 0) is 42.4 Å². The van der Waals surface area contributed by atoms with Gasteiger partial charge in [-0.15, -0.1) is 0 Å². The maximum absolute atomic E-state index is 13.5. The molecule has 1 aromatic rings. The van der Waals surface area contributed by atoms with Crippen molar-refractivity contribution in [2.75, 3.05) is 0 Å². The molecule has 0 aromatic heterocycles. The Morgan fingerprint density at radius 1 is 1.22 bits per heavy atom. The summed E-state index contributed by atoms with van der Waals surface area (Å²) in [4.78, 5) is 0. The standard InChI is InChI=1S/C15H22F2O/c1-10(9-15(2,3)4)7-14(18)12-8-11(16)5-6-13(12)17/h5-6,8,10,14,18H,7,9H2,1-4H3. The van der Waals surface area contributed by atoms with Crippen molar-refractivity contribution < 1.29 is 13.9 Å². The summed E-state index contributed by atoms with van der Waals surface area (Å²) in [5.41, 5.74) is 0.218. The van der Waals surface area contributed by atoms with Crippen LogP contribution in [0.4, 0.5) is 8.78 Å². The van der Waals surface area contributed by atoms with Crippen molar-refractivity contribution >= 4 is 0 Å². The molecule has 0 aliphatic heterocycles. The quantitative estimate of drug-likeness (QED) is 0.843. The van der Waals surface area contributed by atoms with Crippen LogP contribution in [0, 0.1) is 23.0 Å². The highest BCUT2D eigenvalue weighted by Crippen LogP contribution is 2.31. The molecule has 0 bridgehead atoms. The van der Waals surface area contributed by atoms with Gasteiger partial charge >= 0.3 is 0 Å². The molecule has 0 saturated carbocycles. The van der Waals surface area contributed by atoms with E-state index in [9.17, 15) is 13.9 Å². The smallest absolute Gasteiger partial charge is 0.129 e. The Balaban J connectivity index is 2.70. The van der Waals surface area contributed by atoms with E-state index in [-0.39, 0.29) is 16.9 Å². The first kappa shape index (κ1) is 15.1. The summed E-state index contributed by atoms with van der Waals surface area (Å²) in [5, 5.41) is 9.99. The van der Waals surface area contributed by atoms with Gasteiger partial charge in [-0.3, -0.25) is 0 Å². The van der Waals surface area contributed by atoms with Crippen LogP contribution in [-0.4, -0.2) is 5.11 Å². The van der Waals surface area contributed by atoms with Gasteiger partial charge in [0.1, 0.15) is 11.6 Å².